The Morgan fingerprint density at radius 2 is 1.20 bits per heavy atom. The van der Waals surface area contributed by atoms with E-state index in [0.29, 0.717) is 5.56 Å². The summed E-state index contributed by atoms with van der Waals surface area (Å²) in [5.74, 6) is 2.30. The van der Waals surface area contributed by atoms with Gasteiger partial charge in [-0.05, 0) is 71.3 Å². The summed E-state index contributed by atoms with van der Waals surface area (Å²) in [6.45, 7) is 20.7. The van der Waals surface area contributed by atoms with Gasteiger partial charge < -0.3 is 0 Å². The molecule has 0 aliphatic rings. The fourth-order valence-corrected chi connectivity index (χ4v) is 7.65. The van der Waals surface area contributed by atoms with Gasteiger partial charge in [-0.25, -0.2) is 32.2 Å². The summed E-state index contributed by atoms with van der Waals surface area (Å²) in [6.07, 6.45) is 1.50. The van der Waals surface area contributed by atoms with Gasteiger partial charge in [0.2, 0.25) is 0 Å². The van der Waals surface area contributed by atoms with Crippen LogP contribution >= 0.6 is 0 Å². The third kappa shape index (κ3) is 7.97. The molecule has 0 aliphatic heterocycles. The molecule has 3 N–H and O–H groups in total. The van der Waals surface area contributed by atoms with Crippen molar-refractivity contribution in [3.05, 3.63) is 147 Å². The van der Waals surface area contributed by atoms with Gasteiger partial charge in [0, 0.05) is 47.1 Å². The molecule has 6 aromatic rings. The maximum Gasteiger partial charge on any atom is 0.270 e. The largest absolute Gasteiger partial charge is 0.270 e. The number of imidazole rings is 2. The zero-order valence-electron chi connectivity index (χ0n) is 31.1. The van der Waals surface area contributed by atoms with Crippen LogP contribution in [-0.2, 0) is 23.1 Å². The van der Waals surface area contributed by atoms with Crippen molar-refractivity contribution in [3.63, 3.8) is 0 Å². The molecule has 0 saturated heterocycles. The average molecular weight is 701 g/mol. The first kappa shape index (κ1) is 36.8. The average Bonchev–Trinajstić information content (AvgIpc) is 3.48. The van der Waals surface area contributed by atoms with Crippen molar-refractivity contribution in [1.82, 2.24) is 14.7 Å². The molecule has 2 heterocycles. The van der Waals surface area contributed by atoms with Crippen molar-refractivity contribution in [2.45, 2.75) is 80.3 Å². The minimum absolute atomic E-state index is 0.0889. The second-order valence-electron chi connectivity index (χ2n) is 13.3. The molecule has 0 amide bonds. The lowest BCUT2D eigenvalue weighted by Gasteiger charge is -2.12. The van der Waals surface area contributed by atoms with Gasteiger partial charge in [-0.3, -0.25) is 0 Å². The second kappa shape index (κ2) is 15.2. The quantitative estimate of drug-likeness (QED) is 0.0866. The third-order valence-corrected chi connectivity index (χ3v) is 11.1. The Kier molecular flexibility index (Phi) is 11.0. The maximum absolute atomic E-state index is 12.4. The van der Waals surface area contributed by atoms with Crippen LogP contribution in [0.2, 0.25) is 0 Å². The van der Waals surface area contributed by atoms with Crippen LogP contribution in [0.25, 0.3) is 22.3 Å². The number of H-pyrrole nitrogens is 2. The summed E-state index contributed by atoms with van der Waals surface area (Å²) >= 11 is 0. The molecule has 0 saturated carbocycles. The lowest BCUT2D eigenvalue weighted by atomic mass is 9.95. The lowest BCUT2D eigenvalue weighted by Crippen LogP contribution is -2.38. The molecule has 0 spiro atoms. The van der Waals surface area contributed by atoms with Gasteiger partial charge in [0.1, 0.15) is 35.9 Å². The van der Waals surface area contributed by atoms with Gasteiger partial charge in [-0.15, -0.1) is 0 Å². The molecule has 0 aliphatic carbocycles. The number of nitrogens with zero attached hydrogens (tertiary/aromatic N) is 3. The molecule has 0 unspecified atom stereocenters. The molecule has 0 fully saturated rings. The van der Waals surface area contributed by atoms with Crippen LogP contribution in [0.3, 0.4) is 0 Å². The van der Waals surface area contributed by atoms with E-state index in [9.17, 15) is 8.42 Å². The lowest BCUT2D eigenvalue weighted by molar-refractivity contribution is -0.699. The Labute approximate surface area is 302 Å². The standard InChI is InChI=1S/C21H22N4O2S.C21H24N2/c1-14-11-18(20-7-5-6-8-21(20)28(26,27)23-13-22)9-10-19(14)12-25-16(3)15(2)24-17(25)4;1-14-8-6-7-9-20(14)21-11-10-19(12-15(21)2)13-23-17(4)16(3)22-18(23)5/h5-11,23H,12H2,1-4H3;6-12H,13H2,1-5H3/p+2. The number of rotatable bonds is 8. The van der Waals surface area contributed by atoms with Crippen LogP contribution in [0.5, 0.6) is 0 Å². The summed E-state index contributed by atoms with van der Waals surface area (Å²) in [5.41, 5.74) is 15.2. The van der Waals surface area contributed by atoms with E-state index in [2.05, 4.69) is 110 Å². The van der Waals surface area contributed by atoms with Gasteiger partial charge in [-0.1, -0.05) is 78.9 Å². The van der Waals surface area contributed by atoms with E-state index >= 15 is 0 Å². The molecule has 0 radical (unpaired) electrons. The van der Waals surface area contributed by atoms with E-state index in [1.54, 1.807) is 18.2 Å². The predicted octanol–water partition coefficient (Wildman–Crippen LogP) is 7.57. The Morgan fingerprint density at radius 3 is 1.75 bits per heavy atom. The van der Waals surface area contributed by atoms with Crippen molar-refractivity contribution in [2.75, 3.05) is 0 Å². The number of aromatic nitrogens is 4. The smallest absolute Gasteiger partial charge is 0.245 e. The van der Waals surface area contributed by atoms with Crippen molar-refractivity contribution >= 4 is 10.0 Å². The first-order valence-corrected chi connectivity index (χ1v) is 18.6. The van der Waals surface area contributed by atoms with Crippen LogP contribution in [-0.4, -0.2) is 18.4 Å². The number of benzene rings is 4. The molecule has 8 nitrogen and oxygen atoms in total. The normalized spacial score (nSPS) is 11.1. The van der Waals surface area contributed by atoms with E-state index < -0.39 is 10.0 Å². The molecule has 9 heteroatoms. The van der Waals surface area contributed by atoms with Gasteiger partial charge in [0.25, 0.3) is 21.7 Å². The second-order valence-corrected chi connectivity index (χ2v) is 15.0. The van der Waals surface area contributed by atoms with Gasteiger partial charge >= 0.3 is 0 Å². The third-order valence-electron chi connectivity index (χ3n) is 9.85. The van der Waals surface area contributed by atoms with E-state index in [0.717, 1.165) is 41.3 Å². The van der Waals surface area contributed by atoms with E-state index in [1.807, 2.05) is 36.8 Å². The maximum atomic E-state index is 12.4. The van der Waals surface area contributed by atoms with Crippen LogP contribution < -0.4 is 13.9 Å². The first-order chi connectivity index (χ1) is 24.2. The molecular weight excluding hydrogens is 653 g/mol. The van der Waals surface area contributed by atoms with E-state index in [-0.39, 0.29) is 4.90 Å². The van der Waals surface area contributed by atoms with Crippen molar-refractivity contribution < 1.29 is 17.6 Å². The molecule has 4 aromatic carbocycles. The van der Waals surface area contributed by atoms with Gasteiger partial charge in [0.15, 0.2) is 6.19 Å². The summed E-state index contributed by atoms with van der Waals surface area (Å²) in [5, 5.41) is 8.75. The van der Waals surface area contributed by atoms with Crippen LogP contribution in [0.1, 0.15) is 62.2 Å². The zero-order valence-corrected chi connectivity index (χ0v) is 31.9. The predicted molar refractivity (Wildman–Crippen MR) is 203 cm³/mol. The highest BCUT2D eigenvalue weighted by Crippen LogP contribution is 2.29. The van der Waals surface area contributed by atoms with Gasteiger partial charge in [-0.2, -0.15) is 5.26 Å². The molecule has 0 bridgehead atoms. The topological polar surface area (TPSA) is 109 Å². The number of aromatic amines is 2. The molecule has 2 aromatic heterocycles. The highest BCUT2D eigenvalue weighted by atomic mass is 32.2. The van der Waals surface area contributed by atoms with E-state index in [4.69, 9.17) is 5.26 Å². The summed E-state index contributed by atoms with van der Waals surface area (Å²) in [4.78, 5) is 6.86. The summed E-state index contributed by atoms with van der Waals surface area (Å²) in [7, 11) is -3.89. The number of nitrogens with one attached hydrogen (secondary N) is 3. The van der Waals surface area contributed by atoms with Crippen molar-refractivity contribution in [3.8, 4) is 28.4 Å². The fourth-order valence-electron chi connectivity index (χ4n) is 6.69. The first-order valence-electron chi connectivity index (χ1n) is 17.1. The zero-order chi connectivity index (χ0) is 37.0. The van der Waals surface area contributed by atoms with Crippen molar-refractivity contribution in [2.24, 2.45) is 0 Å². The minimum atomic E-state index is -3.89. The SMILES string of the molecule is Cc1cc(-c2ccccc2S(=O)(=O)NC#N)ccc1C[n+]1c(C)[nH]c(C)c1C.Cc1ccccc1-c1ccc(C[n+]2c(C)[nH]c(C)c2C)cc1C. The Morgan fingerprint density at radius 1 is 0.627 bits per heavy atom. The molecule has 0 atom stereocenters. The Bertz CT molecular complexity index is 2380. The number of aryl methyl sites for hydroxylation is 7. The van der Waals surface area contributed by atoms with Crippen LogP contribution in [0.15, 0.2) is 89.8 Å². The highest BCUT2D eigenvalue weighted by molar-refractivity contribution is 7.89. The fraction of sp³-hybridized carbons (Fsp3) is 0.262. The molecule has 51 heavy (non-hydrogen) atoms. The number of hydrogen-bond donors (Lipinski definition) is 3. The number of hydrogen-bond acceptors (Lipinski definition) is 3. The molecule has 262 valence electrons. The van der Waals surface area contributed by atoms with Crippen LogP contribution in [0.4, 0.5) is 0 Å². The Hall–Kier alpha value is -5.46. The number of nitriles is 1. The summed E-state index contributed by atoms with van der Waals surface area (Å²) < 4.78 is 31.2. The van der Waals surface area contributed by atoms with Crippen molar-refractivity contribution in [1.29, 1.82) is 5.26 Å². The monoisotopic (exact) mass is 700 g/mol. The summed E-state index contributed by atoms with van der Waals surface area (Å²) in [6, 6.07) is 28.0. The van der Waals surface area contributed by atoms with Gasteiger partial charge in [0.05, 0.1) is 4.90 Å². The molecule has 6 rings (SSSR count). The number of sulfonamides is 1. The highest BCUT2D eigenvalue weighted by Gasteiger charge is 2.21. The Balaban J connectivity index is 0.000000201. The molecular formula is C42H48N6O2S+2. The van der Waals surface area contributed by atoms with Crippen LogP contribution in [0, 0.1) is 73.8 Å². The minimum Gasteiger partial charge on any atom is -0.245 e. The van der Waals surface area contributed by atoms with E-state index in [1.165, 1.54) is 63.0 Å².